The lowest BCUT2D eigenvalue weighted by atomic mass is 10.1. The van der Waals surface area contributed by atoms with Crippen molar-refractivity contribution in [2.75, 3.05) is 25.6 Å². The van der Waals surface area contributed by atoms with Crippen LogP contribution in [0.1, 0.15) is 12.0 Å². The number of rotatable bonds is 3. The monoisotopic (exact) mass is 348 g/mol. The van der Waals surface area contributed by atoms with Crippen LogP contribution in [0.25, 0.3) is 0 Å². The van der Waals surface area contributed by atoms with Crippen molar-refractivity contribution in [3.05, 3.63) is 23.8 Å². The normalized spacial score (nSPS) is 22.6. The maximum atomic E-state index is 12.5. The average molecular weight is 348 g/mol. The standard InChI is InChI=1S/C16H16N2O5S/c19-14(6-10-1-2-12-13(5-10)23-9-22-12)17-4-3-11(7-17)18-15(20)8-24-16(18)21/h1-2,5,11H,3-4,6-9H2/t11-/m1/s1. The maximum absolute atomic E-state index is 12.5. The summed E-state index contributed by atoms with van der Waals surface area (Å²) < 4.78 is 10.6. The van der Waals surface area contributed by atoms with Crippen molar-refractivity contribution in [1.82, 2.24) is 9.80 Å². The molecule has 1 aromatic carbocycles. The fraction of sp³-hybridized carbons (Fsp3) is 0.438. The molecule has 1 aromatic rings. The van der Waals surface area contributed by atoms with Gasteiger partial charge in [-0.1, -0.05) is 17.8 Å². The molecule has 24 heavy (non-hydrogen) atoms. The summed E-state index contributed by atoms with van der Waals surface area (Å²) in [4.78, 5) is 39.1. The third-order valence-electron chi connectivity index (χ3n) is 4.46. The highest BCUT2D eigenvalue weighted by atomic mass is 32.2. The Kier molecular flexibility index (Phi) is 3.84. The predicted octanol–water partition coefficient (Wildman–Crippen LogP) is 1.25. The second-order valence-corrected chi connectivity index (χ2v) is 6.89. The summed E-state index contributed by atoms with van der Waals surface area (Å²) in [6.45, 7) is 1.19. The zero-order valence-electron chi connectivity index (χ0n) is 12.9. The molecule has 0 aromatic heterocycles. The number of carbonyl (C=O) groups excluding carboxylic acids is 3. The topological polar surface area (TPSA) is 76.2 Å². The van der Waals surface area contributed by atoms with Gasteiger partial charge in [0.2, 0.25) is 18.6 Å². The lowest BCUT2D eigenvalue weighted by Crippen LogP contribution is -2.41. The number of imide groups is 1. The second-order valence-electron chi connectivity index (χ2n) is 5.96. The van der Waals surface area contributed by atoms with Gasteiger partial charge < -0.3 is 14.4 Å². The number of nitrogens with zero attached hydrogens (tertiary/aromatic N) is 2. The van der Waals surface area contributed by atoms with Gasteiger partial charge in [-0.2, -0.15) is 0 Å². The van der Waals surface area contributed by atoms with Crippen molar-refractivity contribution in [2.24, 2.45) is 0 Å². The van der Waals surface area contributed by atoms with Crippen LogP contribution < -0.4 is 9.47 Å². The van der Waals surface area contributed by atoms with Crippen LogP contribution in [0.3, 0.4) is 0 Å². The number of hydrogen-bond donors (Lipinski definition) is 0. The Morgan fingerprint density at radius 3 is 2.88 bits per heavy atom. The van der Waals surface area contributed by atoms with E-state index in [-0.39, 0.29) is 42.1 Å². The van der Waals surface area contributed by atoms with Gasteiger partial charge in [0.15, 0.2) is 11.5 Å². The summed E-state index contributed by atoms with van der Waals surface area (Å²) in [6, 6.07) is 5.28. The largest absolute Gasteiger partial charge is 0.454 e. The van der Waals surface area contributed by atoms with Crippen LogP contribution >= 0.6 is 11.8 Å². The van der Waals surface area contributed by atoms with Gasteiger partial charge in [-0.05, 0) is 24.1 Å². The van der Waals surface area contributed by atoms with Crippen molar-refractivity contribution in [3.63, 3.8) is 0 Å². The van der Waals surface area contributed by atoms with Crippen LogP contribution in [0.2, 0.25) is 0 Å². The quantitative estimate of drug-likeness (QED) is 0.818. The van der Waals surface area contributed by atoms with E-state index >= 15 is 0 Å². The van der Waals surface area contributed by atoms with Crippen molar-refractivity contribution in [3.8, 4) is 11.5 Å². The number of fused-ring (bicyclic) bond motifs is 1. The van der Waals surface area contributed by atoms with Crippen molar-refractivity contribution in [2.45, 2.75) is 18.9 Å². The van der Waals surface area contributed by atoms with Gasteiger partial charge in [0.1, 0.15) is 0 Å². The van der Waals surface area contributed by atoms with Crippen LogP contribution in [0.5, 0.6) is 11.5 Å². The van der Waals surface area contributed by atoms with Gasteiger partial charge in [-0.15, -0.1) is 0 Å². The fourth-order valence-electron chi connectivity index (χ4n) is 3.23. The molecule has 0 spiro atoms. The van der Waals surface area contributed by atoms with Crippen LogP contribution in [0.15, 0.2) is 18.2 Å². The third kappa shape index (κ3) is 2.71. The van der Waals surface area contributed by atoms with E-state index in [1.807, 2.05) is 12.1 Å². The minimum Gasteiger partial charge on any atom is -0.454 e. The number of thioether (sulfide) groups is 1. The first-order chi connectivity index (χ1) is 11.6. The van der Waals surface area contributed by atoms with Gasteiger partial charge >= 0.3 is 0 Å². The lowest BCUT2D eigenvalue weighted by molar-refractivity contribution is -0.131. The first-order valence-corrected chi connectivity index (χ1v) is 8.75. The molecule has 3 aliphatic heterocycles. The molecule has 0 aliphatic carbocycles. The van der Waals surface area contributed by atoms with Crippen molar-refractivity contribution < 1.29 is 23.9 Å². The molecule has 0 N–H and O–H groups in total. The van der Waals surface area contributed by atoms with Crippen LogP contribution in [0.4, 0.5) is 4.79 Å². The highest BCUT2D eigenvalue weighted by Gasteiger charge is 2.40. The number of hydrogen-bond acceptors (Lipinski definition) is 6. The molecule has 8 heteroatoms. The van der Waals surface area contributed by atoms with E-state index in [1.165, 1.54) is 4.90 Å². The number of carbonyl (C=O) groups is 3. The maximum Gasteiger partial charge on any atom is 0.289 e. The molecule has 3 heterocycles. The third-order valence-corrected chi connectivity index (χ3v) is 5.29. The molecular weight excluding hydrogens is 332 g/mol. The zero-order chi connectivity index (χ0) is 16.7. The summed E-state index contributed by atoms with van der Waals surface area (Å²) in [7, 11) is 0. The van der Waals surface area contributed by atoms with Crippen molar-refractivity contribution in [1.29, 1.82) is 0 Å². The summed E-state index contributed by atoms with van der Waals surface area (Å²) in [5, 5.41) is -0.199. The lowest BCUT2D eigenvalue weighted by Gasteiger charge is -2.22. The molecule has 126 valence electrons. The molecular formula is C16H16N2O5S. The summed E-state index contributed by atoms with van der Waals surface area (Å²) in [6.07, 6.45) is 0.908. The molecule has 0 bridgehead atoms. The Morgan fingerprint density at radius 2 is 2.08 bits per heavy atom. The number of amides is 3. The average Bonchev–Trinajstić information content (AvgIpc) is 3.27. The summed E-state index contributed by atoms with van der Waals surface area (Å²) >= 11 is 1.03. The van der Waals surface area contributed by atoms with Gasteiger partial charge in [0.05, 0.1) is 18.2 Å². The van der Waals surface area contributed by atoms with E-state index in [4.69, 9.17) is 9.47 Å². The Morgan fingerprint density at radius 1 is 1.25 bits per heavy atom. The van der Waals surface area contributed by atoms with Crippen LogP contribution in [-0.2, 0) is 16.0 Å². The number of likely N-dealkylation sites (tertiary alicyclic amines) is 1. The highest BCUT2D eigenvalue weighted by molar-refractivity contribution is 8.14. The smallest absolute Gasteiger partial charge is 0.289 e. The Labute approximate surface area is 142 Å². The van der Waals surface area contributed by atoms with E-state index in [0.717, 1.165) is 17.3 Å². The summed E-state index contributed by atoms with van der Waals surface area (Å²) in [5.74, 6) is 1.39. The highest BCUT2D eigenvalue weighted by Crippen LogP contribution is 2.33. The van der Waals surface area contributed by atoms with E-state index < -0.39 is 0 Å². The number of benzene rings is 1. The minimum atomic E-state index is -0.199. The Bertz CT molecular complexity index is 706. The molecule has 0 radical (unpaired) electrons. The van der Waals surface area contributed by atoms with Gasteiger partial charge in [-0.25, -0.2) is 0 Å². The van der Waals surface area contributed by atoms with Gasteiger partial charge in [0, 0.05) is 13.1 Å². The first-order valence-electron chi connectivity index (χ1n) is 7.77. The molecule has 3 aliphatic rings. The molecule has 0 unspecified atom stereocenters. The van der Waals surface area contributed by atoms with Crippen LogP contribution in [0, 0.1) is 0 Å². The van der Waals surface area contributed by atoms with E-state index in [2.05, 4.69) is 0 Å². The Balaban J connectivity index is 1.39. The SMILES string of the molecule is O=C(Cc1ccc2c(c1)OCO2)N1CC[C@@H](N2C(=O)CSC2=O)C1. The van der Waals surface area contributed by atoms with Crippen LogP contribution in [-0.4, -0.2) is 58.5 Å². The minimum absolute atomic E-state index is 0.0110. The molecule has 4 rings (SSSR count). The van der Waals surface area contributed by atoms with E-state index in [0.29, 0.717) is 31.0 Å². The van der Waals surface area contributed by atoms with Crippen molar-refractivity contribution >= 4 is 28.8 Å². The number of ether oxygens (including phenoxy) is 2. The van der Waals surface area contributed by atoms with E-state index in [1.54, 1.807) is 11.0 Å². The van der Waals surface area contributed by atoms with Gasteiger partial charge in [-0.3, -0.25) is 19.3 Å². The molecule has 3 amide bonds. The predicted molar refractivity (Wildman–Crippen MR) is 86.0 cm³/mol. The van der Waals surface area contributed by atoms with E-state index in [9.17, 15) is 14.4 Å². The van der Waals surface area contributed by atoms with Gasteiger partial charge in [0.25, 0.3) is 5.24 Å². The Hall–Kier alpha value is -2.22. The molecule has 2 fully saturated rings. The fourth-order valence-corrected chi connectivity index (χ4v) is 4.01. The molecule has 7 nitrogen and oxygen atoms in total. The second kappa shape index (κ2) is 6.01. The molecule has 1 atom stereocenters. The zero-order valence-corrected chi connectivity index (χ0v) is 13.7. The first kappa shape index (κ1) is 15.3. The molecule has 2 saturated heterocycles. The summed E-state index contributed by atoms with van der Waals surface area (Å²) in [5.41, 5.74) is 0.858. The molecule has 0 saturated carbocycles.